The largest absolute Gasteiger partial charge is 0.393 e. The minimum Gasteiger partial charge on any atom is -0.393 e. The lowest BCUT2D eigenvalue weighted by molar-refractivity contribution is 0.120. The van der Waals surface area contributed by atoms with E-state index < -0.39 is 10.0 Å². The summed E-state index contributed by atoms with van der Waals surface area (Å²) in [7, 11) is -3.46. The van der Waals surface area contributed by atoms with E-state index in [0.29, 0.717) is 25.7 Å². The number of nitrogens with zero attached hydrogens (tertiary/aromatic N) is 1. The quantitative estimate of drug-likeness (QED) is 0.698. The molecule has 90 valence electrons. The molecule has 0 unspecified atom stereocenters. The van der Waals surface area contributed by atoms with Crippen LogP contribution in [-0.4, -0.2) is 35.9 Å². The van der Waals surface area contributed by atoms with E-state index in [9.17, 15) is 13.5 Å². The van der Waals surface area contributed by atoms with Crippen molar-refractivity contribution in [1.82, 2.24) is 14.9 Å². The Labute approximate surface area is 94.1 Å². The van der Waals surface area contributed by atoms with Gasteiger partial charge in [0.05, 0.1) is 12.3 Å². The summed E-state index contributed by atoms with van der Waals surface area (Å²) in [6.07, 6.45) is 5.00. The number of sulfonamides is 1. The Bertz CT molecular complexity index is 421. The smallest absolute Gasteiger partial charge is 0.243 e. The fraction of sp³-hybridized carbons (Fsp3) is 0.667. The molecule has 1 aliphatic rings. The van der Waals surface area contributed by atoms with E-state index >= 15 is 0 Å². The number of aromatic nitrogens is 2. The van der Waals surface area contributed by atoms with Gasteiger partial charge in [0.15, 0.2) is 0 Å². The van der Waals surface area contributed by atoms with Gasteiger partial charge in [-0.1, -0.05) is 0 Å². The molecular formula is C9H15N3O3S. The molecule has 0 spiro atoms. The maximum atomic E-state index is 11.8. The number of aliphatic hydroxyl groups excluding tert-OH is 1. The first-order valence-corrected chi connectivity index (χ1v) is 6.75. The van der Waals surface area contributed by atoms with Crippen molar-refractivity contribution in [3.05, 3.63) is 12.4 Å². The van der Waals surface area contributed by atoms with Crippen LogP contribution in [0, 0.1) is 0 Å². The summed E-state index contributed by atoms with van der Waals surface area (Å²) in [5, 5.41) is 15.4. The molecule has 1 aromatic heterocycles. The molecule has 0 radical (unpaired) electrons. The van der Waals surface area contributed by atoms with Crippen LogP contribution in [0.5, 0.6) is 0 Å². The lowest BCUT2D eigenvalue weighted by Crippen LogP contribution is -2.38. The van der Waals surface area contributed by atoms with E-state index in [1.165, 1.54) is 12.4 Å². The van der Waals surface area contributed by atoms with Crippen LogP contribution in [0.2, 0.25) is 0 Å². The number of nitrogens with one attached hydrogen (secondary N) is 2. The molecule has 0 saturated heterocycles. The minimum absolute atomic E-state index is 0.0803. The zero-order chi connectivity index (χ0) is 11.6. The van der Waals surface area contributed by atoms with E-state index in [1.54, 1.807) is 0 Å². The summed E-state index contributed by atoms with van der Waals surface area (Å²) in [5.74, 6) is 0. The highest BCUT2D eigenvalue weighted by atomic mass is 32.2. The van der Waals surface area contributed by atoms with Gasteiger partial charge < -0.3 is 5.11 Å². The van der Waals surface area contributed by atoms with Crippen LogP contribution >= 0.6 is 0 Å². The second-order valence-electron chi connectivity index (χ2n) is 4.06. The Morgan fingerprint density at radius 2 is 2.06 bits per heavy atom. The van der Waals surface area contributed by atoms with Gasteiger partial charge in [-0.3, -0.25) is 5.10 Å². The van der Waals surface area contributed by atoms with Crippen molar-refractivity contribution >= 4 is 10.0 Å². The summed E-state index contributed by atoms with van der Waals surface area (Å²) in [6, 6.07) is -0.0803. The molecule has 1 aliphatic carbocycles. The number of hydrogen-bond donors (Lipinski definition) is 3. The van der Waals surface area contributed by atoms with Crippen LogP contribution in [0.25, 0.3) is 0 Å². The summed E-state index contributed by atoms with van der Waals surface area (Å²) >= 11 is 0. The van der Waals surface area contributed by atoms with Crippen LogP contribution in [0.1, 0.15) is 25.7 Å². The summed E-state index contributed by atoms with van der Waals surface area (Å²) in [5.41, 5.74) is 0. The SMILES string of the molecule is O=S(=O)(NC1CCC(O)CC1)c1cn[nH]c1. The molecule has 0 aliphatic heterocycles. The molecule has 16 heavy (non-hydrogen) atoms. The van der Waals surface area contributed by atoms with Gasteiger partial charge in [-0.2, -0.15) is 5.10 Å². The molecular weight excluding hydrogens is 230 g/mol. The summed E-state index contributed by atoms with van der Waals surface area (Å²) < 4.78 is 26.2. The van der Waals surface area contributed by atoms with Crippen LogP contribution in [-0.2, 0) is 10.0 Å². The number of aromatic amines is 1. The third kappa shape index (κ3) is 2.60. The molecule has 0 bridgehead atoms. The summed E-state index contributed by atoms with van der Waals surface area (Å²) in [6.45, 7) is 0. The van der Waals surface area contributed by atoms with Gasteiger partial charge in [-0.25, -0.2) is 13.1 Å². The van der Waals surface area contributed by atoms with Gasteiger partial charge in [0, 0.05) is 12.2 Å². The Hall–Kier alpha value is -0.920. The molecule has 0 aromatic carbocycles. The first kappa shape index (κ1) is 11.6. The highest BCUT2D eigenvalue weighted by molar-refractivity contribution is 7.89. The monoisotopic (exact) mass is 245 g/mol. The molecule has 1 heterocycles. The first-order chi connectivity index (χ1) is 7.58. The highest BCUT2D eigenvalue weighted by Gasteiger charge is 2.25. The Morgan fingerprint density at radius 1 is 1.38 bits per heavy atom. The van der Waals surface area contributed by atoms with Gasteiger partial charge >= 0.3 is 0 Å². The van der Waals surface area contributed by atoms with Crippen molar-refractivity contribution in [3.63, 3.8) is 0 Å². The second-order valence-corrected chi connectivity index (χ2v) is 5.77. The molecule has 6 nitrogen and oxygen atoms in total. The number of H-pyrrole nitrogens is 1. The average molecular weight is 245 g/mol. The number of hydrogen-bond acceptors (Lipinski definition) is 4. The van der Waals surface area contributed by atoms with E-state index in [2.05, 4.69) is 14.9 Å². The molecule has 3 N–H and O–H groups in total. The van der Waals surface area contributed by atoms with Crippen LogP contribution < -0.4 is 4.72 Å². The van der Waals surface area contributed by atoms with Crippen molar-refractivity contribution < 1.29 is 13.5 Å². The number of rotatable bonds is 3. The fourth-order valence-electron chi connectivity index (χ4n) is 1.87. The predicted octanol–water partition coefficient (Wildman–Crippen LogP) is -0.00850. The highest BCUT2D eigenvalue weighted by Crippen LogP contribution is 2.20. The maximum absolute atomic E-state index is 11.8. The minimum atomic E-state index is -3.46. The van der Waals surface area contributed by atoms with Crippen LogP contribution in [0.4, 0.5) is 0 Å². The third-order valence-corrected chi connectivity index (χ3v) is 4.29. The lowest BCUT2D eigenvalue weighted by Gasteiger charge is -2.25. The molecule has 7 heteroatoms. The first-order valence-electron chi connectivity index (χ1n) is 5.27. The van der Waals surface area contributed by atoms with E-state index in [4.69, 9.17) is 0 Å². The van der Waals surface area contributed by atoms with Crippen molar-refractivity contribution in [3.8, 4) is 0 Å². The van der Waals surface area contributed by atoms with Gasteiger partial charge in [0.25, 0.3) is 0 Å². The average Bonchev–Trinajstić information content (AvgIpc) is 2.75. The third-order valence-electron chi connectivity index (χ3n) is 2.80. The van der Waals surface area contributed by atoms with Crippen molar-refractivity contribution in [2.45, 2.75) is 42.7 Å². The lowest BCUT2D eigenvalue weighted by atomic mass is 9.94. The molecule has 0 amide bonds. The molecule has 1 aromatic rings. The molecule has 2 rings (SSSR count). The van der Waals surface area contributed by atoms with E-state index in [1.807, 2.05) is 0 Å². The van der Waals surface area contributed by atoms with Crippen molar-refractivity contribution in [2.75, 3.05) is 0 Å². The maximum Gasteiger partial charge on any atom is 0.243 e. The second kappa shape index (κ2) is 4.52. The fourth-order valence-corrected chi connectivity index (χ4v) is 3.08. The number of aliphatic hydroxyl groups is 1. The van der Waals surface area contributed by atoms with E-state index in [0.717, 1.165) is 0 Å². The predicted molar refractivity (Wildman–Crippen MR) is 57.2 cm³/mol. The van der Waals surface area contributed by atoms with Gasteiger partial charge in [-0.05, 0) is 25.7 Å². The van der Waals surface area contributed by atoms with Gasteiger partial charge in [-0.15, -0.1) is 0 Å². The Morgan fingerprint density at radius 3 is 2.62 bits per heavy atom. The zero-order valence-electron chi connectivity index (χ0n) is 8.76. The van der Waals surface area contributed by atoms with Gasteiger partial charge in [0.1, 0.15) is 4.90 Å². The van der Waals surface area contributed by atoms with Gasteiger partial charge in [0.2, 0.25) is 10.0 Å². The van der Waals surface area contributed by atoms with Crippen molar-refractivity contribution in [1.29, 1.82) is 0 Å². The zero-order valence-corrected chi connectivity index (χ0v) is 9.57. The summed E-state index contributed by atoms with van der Waals surface area (Å²) in [4.78, 5) is 0.152. The topological polar surface area (TPSA) is 95.1 Å². The molecule has 1 fully saturated rings. The van der Waals surface area contributed by atoms with Crippen molar-refractivity contribution in [2.24, 2.45) is 0 Å². The van der Waals surface area contributed by atoms with Crippen LogP contribution in [0.15, 0.2) is 17.3 Å². The molecule has 0 atom stereocenters. The van der Waals surface area contributed by atoms with Crippen LogP contribution in [0.3, 0.4) is 0 Å². The Balaban J connectivity index is 2.00. The Kier molecular flexibility index (Phi) is 3.27. The standard InChI is InChI=1S/C9H15N3O3S/c13-8-3-1-7(2-4-8)12-16(14,15)9-5-10-11-6-9/h5-8,12-13H,1-4H2,(H,10,11). The van der Waals surface area contributed by atoms with E-state index in [-0.39, 0.29) is 17.0 Å². The normalized spacial score (nSPS) is 26.8. The molecule has 1 saturated carbocycles.